The zero-order valence-corrected chi connectivity index (χ0v) is 17.7. The summed E-state index contributed by atoms with van der Waals surface area (Å²) in [6.45, 7) is 6.60. The van der Waals surface area contributed by atoms with Crippen LogP contribution in [0.2, 0.25) is 5.02 Å². The van der Waals surface area contributed by atoms with E-state index >= 15 is 0 Å². The van der Waals surface area contributed by atoms with Gasteiger partial charge in [0.05, 0.1) is 18.8 Å². The minimum Gasteiger partial charge on any atom is -0.466 e. The number of nitrogens with zero attached hydrogens (tertiary/aromatic N) is 1. The molecule has 0 spiro atoms. The highest BCUT2D eigenvalue weighted by Gasteiger charge is 2.26. The van der Waals surface area contributed by atoms with Gasteiger partial charge in [-0.3, -0.25) is 0 Å². The Kier molecular flexibility index (Phi) is 8.75. The van der Waals surface area contributed by atoms with Crippen molar-refractivity contribution in [1.82, 2.24) is 10.6 Å². The van der Waals surface area contributed by atoms with Gasteiger partial charge in [0.15, 0.2) is 5.96 Å². The van der Waals surface area contributed by atoms with Gasteiger partial charge in [-0.2, -0.15) is 0 Å². The van der Waals surface area contributed by atoms with E-state index in [-0.39, 0.29) is 36.6 Å². The lowest BCUT2D eigenvalue weighted by Crippen LogP contribution is -2.40. The van der Waals surface area contributed by atoms with E-state index in [1.165, 1.54) is 6.26 Å². The third kappa shape index (κ3) is 6.52. The van der Waals surface area contributed by atoms with Gasteiger partial charge in [0, 0.05) is 11.6 Å². The first kappa shape index (κ1) is 21.8. The number of guanidine groups is 1. The number of aliphatic imine (C=N–C) groups is 1. The van der Waals surface area contributed by atoms with E-state index in [2.05, 4.69) is 15.6 Å². The van der Waals surface area contributed by atoms with Crippen molar-refractivity contribution in [3.63, 3.8) is 0 Å². The highest BCUT2D eigenvalue weighted by molar-refractivity contribution is 14.0. The van der Waals surface area contributed by atoms with E-state index in [1.54, 1.807) is 19.1 Å². The van der Waals surface area contributed by atoms with E-state index < -0.39 is 5.60 Å². The quantitative estimate of drug-likeness (QED) is 0.333. The Balaban J connectivity index is 0.00000312. The molecule has 0 amide bonds. The maximum absolute atomic E-state index is 10.5. The van der Waals surface area contributed by atoms with Gasteiger partial charge in [-0.05, 0) is 50.6 Å². The molecule has 3 N–H and O–H groups in total. The molecule has 5 nitrogen and oxygen atoms in total. The number of hydrogen-bond acceptors (Lipinski definition) is 3. The van der Waals surface area contributed by atoms with E-state index in [0.29, 0.717) is 16.7 Å². The van der Waals surface area contributed by atoms with Crippen molar-refractivity contribution in [2.24, 2.45) is 4.99 Å². The number of rotatable bonds is 6. The summed E-state index contributed by atoms with van der Waals surface area (Å²) in [4.78, 5) is 4.48. The molecule has 0 aliphatic heterocycles. The molecular weight excluding hydrogens is 453 g/mol. The largest absolute Gasteiger partial charge is 0.466 e. The Morgan fingerprint density at radius 2 is 2.12 bits per heavy atom. The topological polar surface area (TPSA) is 69.8 Å². The average Bonchev–Trinajstić information content (AvgIpc) is 3.08. The number of furan rings is 1. The summed E-state index contributed by atoms with van der Waals surface area (Å²) in [6.07, 6.45) is 1.54. The molecule has 0 fully saturated rings. The van der Waals surface area contributed by atoms with Crippen molar-refractivity contribution in [1.29, 1.82) is 0 Å². The Morgan fingerprint density at radius 1 is 1.36 bits per heavy atom. The summed E-state index contributed by atoms with van der Waals surface area (Å²) >= 11 is 6.05. The Hall–Kier alpha value is -1.25. The van der Waals surface area contributed by atoms with Crippen molar-refractivity contribution in [2.45, 2.75) is 32.4 Å². The lowest BCUT2D eigenvalue weighted by molar-refractivity contribution is 0.0437. The van der Waals surface area contributed by atoms with Crippen LogP contribution in [0.3, 0.4) is 0 Å². The third-order valence-corrected chi connectivity index (χ3v) is 3.88. The van der Waals surface area contributed by atoms with Crippen LogP contribution in [0.5, 0.6) is 0 Å². The van der Waals surface area contributed by atoms with Crippen LogP contribution in [-0.2, 0) is 5.60 Å². The van der Waals surface area contributed by atoms with E-state index in [4.69, 9.17) is 16.0 Å². The molecule has 2 aromatic rings. The molecular formula is C18H25ClIN3O2. The van der Waals surface area contributed by atoms with Gasteiger partial charge in [0.1, 0.15) is 11.4 Å². The predicted molar refractivity (Wildman–Crippen MR) is 113 cm³/mol. The van der Waals surface area contributed by atoms with Gasteiger partial charge in [-0.25, -0.2) is 4.99 Å². The van der Waals surface area contributed by atoms with Crippen LogP contribution in [0.1, 0.15) is 38.1 Å². The summed E-state index contributed by atoms with van der Waals surface area (Å²) in [5.74, 6) is 1.11. The fourth-order valence-corrected chi connectivity index (χ4v) is 2.48. The highest BCUT2D eigenvalue weighted by atomic mass is 127. The lowest BCUT2D eigenvalue weighted by Gasteiger charge is -2.21. The van der Waals surface area contributed by atoms with Crippen LogP contribution in [0.15, 0.2) is 52.1 Å². The second kappa shape index (κ2) is 10.0. The van der Waals surface area contributed by atoms with Crippen molar-refractivity contribution in [2.75, 3.05) is 13.1 Å². The molecule has 2 unspecified atom stereocenters. The average molecular weight is 478 g/mol. The molecule has 0 aliphatic carbocycles. The zero-order valence-electron chi connectivity index (χ0n) is 14.6. The minimum absolute atomic E-state index is 0. The SMILES string of the molecule is CCNC(=NCC(C)(O)c1ccco1)NC(C)c1cccc(Cl)c1.I. The minimum atomic E-state index is -1.16. The summed E-state index contributed by atoms with van der Waals surface area (Å²) < 4.78 is 5.28. The van der Waals surface area contributed by atoms with E-state index in [0.717, 1.165) is 12.1 Å². The van der Waals surface area contributed by atoms with Crippen LogP contribution in [0.25, 0.3) is 0 Å². The molecule has 2 rings (SSSR count). The van der Waals surface area contributed by atoms with Crippen molar-refractivity contribution >= 4 is 41.5 Å². The fourth-order valence-electron chi connectivity index (χ4n) is 2.28. The first-order valence-corrected chi connectivity index (χ1v) is 8.37. The van der Waals surface area contributed by atoms with Crippen molar-refractivity contribution in [3.8, 4) is 0 Å². The number of benzene rings is 1. The van der Waals surface area contributed by atoms with Crippen molar-refractivity contribution < 1.29 is 9.52 Å². The molecule has 0 aliphatic rings. The van der Waals surface area contributed by atoms with Crippen LogP contribution in [0.4, 0.5) is 0 Å². The molecule has 0 bridgehead atoms. The molecule has 2 atom stereocenters. The maximum atomic E-state index is 10.5. The smallest absolute Gasteiger partial charge is 0.191 e. The molecule has 0 saturated heterocycles. The zero-order chi connectivity index (χ0) is 17.6. The lowest BCUT2D eigenvalue weighted by atomic mass is 10.0. The number of aliphatic hydroxyl groups is 1. The Morgan fingerprint density at radius 3 is 2.72 bits per heavy atom. The second-order valence-corrected chi connectivity index (χ2v) is 6.30. The van der Waals surface area contributed by atoms with E-state index in [9.17, 15) is 5.11 Å². The van der Waals surface area contributed by atoms with Gasteiger partial charge < -0.3 is 20.2 Å². The molecule has 25 heavy (non-hydrogen) atoms. The summed E-state index contributed by atoms with van der Waals surface area (Å²) in [5, 5.41) is 17.7. The Bertz CT molecular complexity index is 675. The van der Waals surface area contributed by atoms with Crippen molar-refractivity contribution in [3.05, 3.63) is 59.0 Å². The molecule has 1 aromatic carbocycles. The Labute approximate surface area is 170 Å². The van der Waals surface area contributed by atoms with Gasteiger partial charge in [-0.1, -0.05) is 23.7 Å². The molecule has 7 heteroatoms. The highest BCUT2D eigenvalue weighted by Crippen LogP contribution is 2.21. The monoisotopic (exact) mass is 477 g/mol. The molecule has 0 saturated carbocycles. The third-order valence-electron chi connectivity index (χ3n) is 3.64. The standard InChI is InChI=1S/C18H24ClN3O2.HI/c1-4-20-17(21-12-18(3,23)16-9-6-10-24-16)22-13(2)14-7-5-8-15(19)11-14;/h5-11,13,23H,4,12H2,1-3H3,(H2,20,21,22);1H. The maximum Gasteiger partial charge on any atom is 0.191 e. The van der Waals surface area contributed by atoms with Gasteiger partial charge >= 0.3 is 0 Å². The molecule has 138 valence electrons. The summed E-state index contributed by atoms with van der Waals surface area (Å²) in [5.41, 5.74) is -0.101. The van der Waals surface area contributed by atoms with Crippen LogP contribution in [0, 0.1) is 0 Å². The number of hydrogen-bond donors (Lipinski definition) is 3. The number of nitrogens with one attached hydrogen (secondary N) is 2. The van der Waals surface area contributed by atoms with Crippen LogP contribution < -0.4 is 10.6 Å². The van der Waals surface area contributed by atoms with Crippen LogP contribution >= 0.6 is 35.6 Å². The van der Waals surface area contributed by atoms with Crippen LogP contribution in [-0.4, -0.2) is 24.2 Å². The first-order chi connectivity index (χ1) is 11.4. The number of halogens is 2. The van der Waals surface area contributed by atoms with Gasteiger partial charge in [0.25, 0.3) is 0 Å². The molecule has 1 aromatic heterocycles. The van der Waals surface area contributed by atoms with Gasteiger partial charge in [0.2, 0.25) is 0 Å². The summed E-state index contributed by atoms with van der Waals surface area (Å²) in [7, 11) is 0. The summed E-state index contributed by atoms with van der Waals surface area (Å²) in [6, 6.07) is 11.2. The first-order valence-electron chi connectivity index (χ1n) is 7.99. The fraction of sp³-hybridized carbons (Fsp3) is 0.389. The molecule has 0 radical (unpaired) electrons. The second-order valence-electron chi connectivity index (χ2n) is 5.87. The predicted octanol–water partition coefficient (Wildman–Crippen LogP) is 4.07. The normalized spacial score (nSPS) is 15.0. The molecule has 1 heterocycles. The van der Waals surface area contributed by atoms with E-state index in [1.807, 2.05) is 38.1 Å². The van der Waals surface area contributed by atoms with Gasteiger partial charge in [-0.15, -0.1) is 24.0 Å².